The van der Waals surface area contributed by atoms with Gasteiger partial charge in [-0.15, -0.1) is 0 Å². The van der Waals surface area contributed by atoms with E-state index in [1.807, 2.05) is 30.3 Å². The number of likely N-dealkylation sites (N-methyl/N-ethyl adjacent to an activating group) is 1. The monoisotopic (exact) mass is 245 g/mol. The first-order chi connectivity index (χ1) is 8.83. The van der Waals surface area contributed by atoms with Gasteiger partial charge in [-0.3, -0.25) is 0 Å². The molecule has 1 aliphatic rings. The summed E-state index contributed by atoms with van der Waals surface area (Å²) in [5.74, 6) is 1.17. The van der Waals surface area contributed by atoms with Crippen molar-refractivity contribution in [2.75, 3.05) is 26.7 Å². The molecule has 1 saturated heterocycles. The molecule has 1 unspecified atom stereocenters. The molecule has 2 heterocycles. The van der Waals surface area contributed by atoms with Crippen LogP contribution in [-0.4, -0.2) is 41.8 Å². The molecule has 0 spiro atoms. The van der Waals surface area contributed by atoms with E-state index in [0.29, 0.717) is 18.3 Å². The number of benzene rings is 1. The van der Waals surface area contributed by atoms with Crippen molar-refractivity contribution in [2.24, 2.45) is 0 Å². The molecular formula is C13H15N3O2. The third kappa shape index (κ3) is 2.27. The molecule has 0 bridgehead atoms. The van der Waals surface area contributed by atoms with Crippen LogP contribution in [0.3, 0.4) is 0 Å². The Morgan fingerprint density at radius 3 is 2.89 bits per heavy atom. The summed E-state index contributed by atoms with van der Waals surface area (Å²) in [6, 6.07) is 9.75. The Bertz CT molecular complexity index is 512. The smallest absolute Gasteiger partial charge is 0.258 e. The first-order valence-corrected chi connectivity index (χ1v) is 6.02. The van der Waals surface area contributed by atoms with Gasteiger partial charge >= 0.3 is 0 Å². The fourth-order valence-corrected chi connectivity index (χ4v) is 2.00. The number of nitrogens with zero attached hydrogens (tertiary/aromatic N) is 3. The Hall–Kier alpha value is -1.72. The van der Waals surface area contributed by atoms with Gasteiger partial charge in [0, 0.05) is 18.7 Å². The number of rotatable bonds is 2. The van der Waals surface area contributed by atoms with E-state index >= 15 is 0 Å². The minimum atomic E-state index is -0.0926. The van der Waals surface area contributed by atoms with Crippen LogP contribution in [0, 0.1) is 0 Å². The molecule has 5 nitrogen and oxygen atoms in total. The summed E-state index contributed by atoms with van der Waals surface area (Å²) >= 11 is 0. The van der Waals surface area contributed by atoms with Crippen LogP contribution in [0.4, 0.5) is 0 Å². The highest BCUT2D eigenvalue weighted by Crippen LogP contribution is 2.22. The van der Waals surface area contributed by atoms with E-state index in [2.05, 4.69) is 22.1 Å². The summed E-state index contributed by atoms with van der Waals surface area (Å²) in [4.78, 5) is 6.61. The number of aromatic nitrogens is 2. The van der Waals surface area contributed by atoms with Crippen LogP contribution in [-0.2, 0) is 4.74 Å². The zero-order valence-electron chi connectivity index (χ0n) is 10.2. The van der Waals surface area contributed by atoms with Crippen molar-refractivity contribution < 1.29 is 9.26 Å². The van der Waals surface area contributed by atoms with Crippen molar-refractivity contribution in [1.82, 2.24) is 15.0 Å². The summed E-state index contributed by atoms with van der Waals surface area (Å²) < 4.78 is 10.9. The molecule has 18 heavy (non-hydrogen) atoms. The van der Waals surface area contributed by atoms with Crippen molar-refractivity contribution >= 4 is 0 Å². The number of hydrogen-bond acceptors (Lipinski definition) is 5. The van der Waals surface area contributed by atoms with Crippen LogP contribution in [0.25, 0.3) is 11.5 Å². The summed E-state index contributed by atoms with van der Waals surface area (Å²) in [6.07, 6.45) is -0.0926. The molecule has 0 saturated carbocycles. The average Bonchev–Trinajstić information content (AvgIpc) is 2.89. The SMILES string of the molecule is CN1CCOC(c2noc(-c3ccccc3)n2)C1. The molecule has 1 aromatic carbocycles. The van der Waals surface area contributed by atoms with Gasteiger partial charge in [0.25, 0.3) is 5.89 Å². The minimum absolute atomic E-state index is 0.0926. The Kier molecular flexibility index (Phi) is 3.08. The maximum Gasteiger partial charge on any atom is 0.258 e. The normalized spacial score (nSPS) is 21.1. The molecule has 0 aliphatic carbocycles. The predicted octanol–water partition coefficient (Wildman–Crippen LogP) is 1.74. The fourth-order valence-electron chi connectivity index (χ4n) is 2.00. The van der Waals surface area contributed by atoms with Crippen LogP contribution in [0.15, 0.2) is 34.9 Å². The molecule has 3 rings (SSSR count). The van der Waals surface area contributed by atoms with Crippen molar-refractivity contribution in [2.45, 2.75) is 6.10 Å². The Morgan fingerprint density at radius 2 is 2.11 bits per heavy atom. The Balaban J connectivity index is 1.81. The van der Waals surface area contributed by atoms with Gasteiger partial charge in [-0.05, 0) is 19.2 Å². The van der Waals surface area contributed by atoms with Crippen LogP contribution >= 0.6 is 0 Å². The molecule has 94 valence electrons. The first-order valence-electron chi connectivity index (χ1n) is 6.02. The lowest BCUT2D eigenvalue weighted by atomic mass is 10.2. The number of hydrogen-bond donors (Lipinski definition) is 0. The van der Waals surface area contributed by atoms with Gasteiger partial charge in [0.2, 0.25) is 5.82 Å². The van der Waals surface area contributed by atoms with E-state index in [4.69, 9.17) is 9.26 Å². The zero-order chi connectivity index (χ0) is 12.4. The van der Waals surface area contributed by atoms with E-state index in [1.54, 1.807) is 0 Å². The van der Waals surface area contributed by atoms with Crippen molar-refractivity contribution in [3.05, 3.63) is 36.2 Å². The second-order valence-corrected chi connectivity index (χ2v) is 4.45. The molecule has 1 aromatic heterocycles. The standard InChI is InChI=1S/C13H15N3O2/c1-16-7-8-17-11(9-16)12-14-13(18-15-12)10-5-3-2-4-6-10/h2-6,11H,7-9H2,1H3. The molecule has 0 amide bonds. The van der Waals surface area contributed by atoms with E-state index < -0.39 is 0 Å². The molecule has 5 heteroatoms. The second-order valence-electron chi connectivity index (χ2n) is 4.45. The van der Waals surface area contributed by atoms with E-state index in [1.165, 1.54) is 0 Å². The van der Waals surface area contributed by atoms with Gasteiger partial charge in [-0.1, -0.05) is 23.4 Å². The number of ether oxygens (including phenoxy) is 1. The molecule has 0 N–H and O–H groups in total. The molecule has 0 radical (unpaired) electrons. The van der Waals surface area contributed by atoms with Gasteiger partial charge in [-0.2, -0.15) is 4.98 Å². The molecule has 1 aliphatic heterocycles. The quantitative estimate of drug-likeness (QED) is 0.806. The average molecular weight is 245 g/mol. The topological polar surface area (TPSA) is 51.4 Å². The zero-order valence-corrected chi connectivity index (χ0v) is 10.2. The maximum atomic E-state index is 5.66. The molecule has 2 aromatic rings. The number of morpholine rings is 1. The third-order valence-electron chi connectivity index (χ3n) is 3.02. The van der Waals surface area contributed by atoms with Crippen LogP contribution < -0.4 is 0 Å². The lowest BCUT2D eigenvalue weighted by Crippen LogP contribution is -2.35. The van der Waals surface area contributed by atoms with Gasteiger partial charge in [-0.25, -0.2) is 0 Å². The van der Waals surface area contributed by atoms with E-state index in [0.717, 1.165) is 18.7 Å². The predicted molar refractivity (Wildman–Crippen MR) is 65.9 cm³/mol. The van der Waals surface area contributed by atoms with Gasteiger partial charge in [0.1, 0.15) is 6.10 Å². The van der Waals surface area contributed by atoms with Gasteiger partial charge in [0.05, 0.1) is 6.61 Å². The molecule has 1 atom stereocenters. The van der Waals surface area contributed by atoms with Gasteiger partial charge in [0.15, 0.2) is 0 Å². The molecule has 1 fully saturated rings. The van der Waals surface area contributed by atoms with Crippen molar-refractivity contribution in [1.29, 1.82) is 0 Å². The van der Waals surface area contributed by atoms with E-state index in [-0.39, 0.29) is 6.10 Å². The third-order valence-corrected chi connectivity index (χ3v) is 3.02. The molecular weight excluding hydrogens is 230 g/mol. The highest BCUT2D eigenvalue weighted by atomic mass is 16.5. The minimum Gasteiger partial charge on any atom is -0.367 e. The summed E-state index contributed by atoms with van der Waals surface area (Å²) in [6.45, 7) is 2.45. The Labute approximate surface area is 105 Å². The first kappa shape index (κ1) is 11.4. The van der Waals surface area contributed by atoms with Crippen LogP contribution in [0.1, 0.15) is 11.9 Å². The lowest BCUT2D eigenvalue weighted by Gasteiger charge is -2.27. The maximum absolute atomic E-state index is 5.66. The van der Waals surface area contributed by atoms with Crippen molar-refractivity contribution in [3.63, 3.8) is 0 Å². The highest BCUT2D eigenvalue weighted by molar-refractivity contribution is 5.52. The summed E-state index contributed by atoms with van der Waals surface area (Å²) in [7, 11) is 2.06. The summed E-state index contributed by atoms with van der Waals surface area (Å²) in [5, 5.41) is 4.01. The van der Waals surface area contributed by atoms with Crippen LogP contribution in [0.5, 0.6) is 0 Å². The van der Waals surface area contributed by atoms with E-state index in [9.17, 15) is 0 Å². The lowest BCUT2D eigenvalue weighted by molar-refractivity contribution is -0.0264. The Morgan fingerprint density at radius 1 is 1.28 bits per heavy atom. The highest BCUT2D eigenvalue weighted by Gasteiger charge is 2.24. The summed E-state index contributed by atoms with van der Waals surface area (Å²) in [5.41, 5.74) is 0.931. The largest absolute Gasteiger partial charge is 0.367 e. The van der Waals surface area contributed by atoms with Crippen LogP contribution in [0.2, 0.25) is 0 Å². The van der Waals surface area contributed by atoms with Gasteiger partial charge < -0.3 is 14.2 Å². The van der Waals surface area contributed by atoms with Crippen molar-refractivity contribution in [3.8, 4) is 11.5 Å². The second kappa shape index (κ2) is 4.88. The fraction of sp³-hybridized carbons (Fsp3) is 0.385.